The molecule has 1 saturated heterocycles. The van der Waals surface area contributed by atoms with Crippen molar-refractivity contribution in [2.45, 2.75) is 26.3 Å². The van der Waals surface area contributed by atoms with E-state index < -0.39 is 0 Å². The molecule has 1 fully saturated rings. The molecule has 4 nitrogen and oxygen atoms in total. The van der Waals surface area contributed by atoms with Crippen LogP contribution in [-0.4, -0.2) is 24.4 Å². The average Bonchev–Trinajstić information content (AvgIpc) is 2.87. The van der Waals surface area contributed by atoms with Gasteiger partial charge >= 0.3 is 0 Å². The molecule has 1 heterocycles. The molecule has 0 radical (unpaired) electrons. The van der Waals surface area contributed by atoms with E-state index in [1.807, 2.05) is 44.2 Å². The first-order valence-electron chi connectivity index (χ1n) is 7.87. The number of rotatable bonds is 3. The molecule has 0 saturated carbocycles. The first-order valence-corrected chi connectivity index (χ1v) is 8.25. The normalized spacial score (nSPS) is 17.2. The monoisotopic (exact) mass is 342 g/mol. The maximum absolute atomic E-state index is 12.4. The van der Waals surface area contributed by atoms with Crippen LogP contribution in [-0.2, 0) is 4.79 Å². The van der Waals surface area contributed by atoms with Crippen LogP contribution in [0, 0.1) is 13.8 Å². The number of halogens is 1. The maximum Gasteiger partial charge on any atom is 0.251 e. The van der Waals surface area contributed by atoms with Crippen molar-refractivity contribution in [1.82, 2.24) is 5.32 Å². The van der Waals surface area contributed by atoms with Gasteiger partial charge in [-0.25, -0.2) is 0 Å². The number of hydrogen-bond donors (Lipinski definition) is 1. The van der Waals surface area contributed by atoms with Gasteiger partial charge in [0.25, 0.3) is 5.91 Å². The molecule has 0 bridgehead atoms. The Morgan fingerprint density at radius 3 is 2.38 bits per heavy atom. The zero-order valence-corrected chi connectivity index (χ0v) is 14.4. The predicted molar refractivity (Wildman–Crippen MR) is 95.6 cm³/mol. The summed E-state index contributed by atoms with van der Waals surface area (Å²) < 4.78 is 0. The number of benzene rings is 2. The molecule has 1 N–H and O–H groups in total. The number of carbonyl (C=O) groups excluding carboxylic acids is 2. The van der Waals surface area contributed by atoms with E-state index in [1.165, 1.54) is 0 Å². The standard InChI is InChI=1S/C19H19ClN2O2/c1-12-7-13(2)9-14(8-12)19(24)21-16-10-18(23)22(11-16)17-5-3-15(20)4-6-17/h3-9,16H,10-11H2,1-2H3,(H,21,24). The lowest BCUT2D eigenvalue weighted by molar-refractivity contribution is -0.117. The molecule has 0 aliphatic carbocycles. The quantitative estimate of drug-likeness (QED) is 0.928. The van der Waals surface area contributed by atoms with Gasteiger partial charge in [-0.3, -0.25) is 9.59 Å². The van der Waals surface area contributed by atoms with Crippen molar-refractivity contribution in [3.63, 3.8) is 0 Å². The van der Waals surface area contributed by atoms with Gasteiger partial charge in [0.05, 0.1) is 6.04 Å². The fourth-order valence-electron chi connectivity index (χ4n) is 3.05. The number of nitrogens with one attached hydrogen (secondary N) is 1. The maximum atomic E-state index is 12.4. The van der Waals surface area contributed by atoms with Crippen LogP contribution in [0.15, 0.2) is 42.5 Å². The third-order valence-corrected chi connectivity index (χ3v) is 4.33. The largest absolute Gasteiger partial charge is 0.347 e. The molecule has 2 aromatic carbocycles. The SMILES string of the molecule is Cc1cc(C)cc(C(=O)NC2CC(=O)N(c3ccc(Cl)cc3)C2)c1. The summed E-state index contributed by atoms with van der Waals surface area (Å²) in [5.41, 5.74) is 3.52. The summed E-state index contributed by atoms with van der Waals surface area (Å²) in [4.78, 5) is 26.4. The van der Waals surface area contributed by atoms with Crippen LogP contribution in [0.4, 0.5) is 5.69 Å². The lowest BCUT2D eigenvalue weighted by Crippen LogP contribution is -2.37. The van der Waals surface area contributed by atoms with Crippen molar-refractivity contribution < 1.29 is 9.59 Å². The van der Waals surface area contributed by atoms with Crippen molar-refractivity contribution in [3.8, 4) is 0 Å². The number of anilines is 1. The van der Waals surface area contributed by atoms with E-state index in [-0.39, 0.29) is 17.9 Å². The Balaban J connectivity index is 1.69. The van der Waals surface area contributed by atoms with Gasteiger partial charge in [-0.05, 0) is 50.2 Å². The van der Waals surface area contributed by atoms with Gasteiger partial charge in [0.1, 0.15) is 0 Å². The Bertz CT molecular complexity index is 766. The smallest absolute Gasteiger partial charge is 0.251 e. The topological polar surface area (TPSA) is 49.4 Å². The van der Waals surface area contributed by atoms with Gasteiger partial charge in [0, 0.05) is 29.2 Å². The highest BCUT2D eigenvalue weighted by Crippen LogP contribution is 2.23. The van der Waals surface area contributed by atoms with Crippen molar-refractivity contribution in [1.29, 1.82) is 0 Å². The summed E-state index contributed by atoms with van der Waals surface area (Å²) in [5, 5.41) is 3.59. The molecule has 0 aromatic heterocycles. The van der Waals surface area contributed by atoms with E-state index in [2.05, 4.69) is 5.32 Å². The molecule has 24 heavy (non-hydrogen) atoms. The fourth-order valence-corrected chi connectivity index (χ4v) is 3.18. The van der Waals surface area contributed by atoms with Gasteiger partial charge < -0.3 is 10.2 Å². The Morgan fingerprint density at radius 2 is 1.75 bits per heavy atom. The van der Waals surface area contributed by atoms with Gasteiger partial charge in [0.15, 0.2) is 0 Å². The number of amides is 2. The second-order valence-corrected chi connectivity index (χ2v) is 6.67. The number of hydrogen-bond acceptors (Lipinski definition) is 2. The summed E-state index contributed by atoms with van der Waals surface area (Å²) in [6.07, 6.45) is 0.305. The summed E-state index contributed by atoms with van der Waals surface area (Å²) in [6.45, 7) is 4.40. The molecule has 2 amide bonds. The lowest BCUT2D eigenvalue weighted by Gasteiger charge is -2.17. The first kappa shape index (κ1) is 16.5. The van der Waals surface area contributed by atoms with E-state index in [9.17, 15) is 9.59 Å². The van der Waals surface area contributed by atoms with Crippen molar-refractivity contribution >= 4 is 29.1 Å². The highest BCUT2D eigenvalue weighted by Gasteiger charge is 2.31. The summed E-state index contributed by atoms with van der Waals surface area (Å²) >= 11 is 5.89. The highest BCUT2D eigenvalue weighted by molar-refractivity contribution is 6.30. The Labute approximate surface area is 146 Å². The summed E-state index contributed by atoms with van der Waals surface area (Å²) in [5.74, 6) is -0.138. The van der Waals surface area contributed by atoms with E-state index in [0.717, 1.165) is 16.8 Å². The molecule has 1 aliphatic heterocycles. The number of carbonyl (C=O) groups is 2. The van der Waals surface area contributed by atoms with Crippen LogP contribution in [0.25, 0.3) is 0 Å². The van der Waals surface area contributed by atoms with Crippen molar-refractivity contribution in [3.05, 3.63) is 64.2 Å². The third kappa shape index (κ3) is 3.60. The highest BCUT2D eigenvalue weighted by atomic mass is 35.5. The van der Waals surface area contributed by atoms with Crippen LogP contribution in [0.1, 0.15) is 27.9 Å². The van der Waals surface area contributed by atoms with Crippen LogP contribution in [0.3, 0.4) is 0 Å². The van der Waals surface area contributed by atoms with Crippen LogP contribution in [0.5, 0.6) is 0 Å². The lowest BCUT2D eigenvalue weighted by atomic mass is 10.1. The molecule has 1 atom stereocenters. The van der Waals surface area contributed by atoms with Gasteiger partial charge in [-0.2, -0.15) is 0 Å². The van der Waals surface area contributed by atoms with Crippen LogP contribution >= 0.6 is 11.6 Å². The average molecular weight is 343 g/mol. The molecular weight excluding hydrogens is 324 g/mol. The number of nitrogens with zero attached hydrogens (tertiary/aromatic N) is 1. The zero-order valence-electron chi connectivity index (χ0n) is 13.7. The van der Waals surface area contributed by atoms with E-state index in [1.54, 1.807) is 17.0 Å². The van der Waals surface area contributed by atoms with Gasteiger partial charge in [-0.15, -0.1) is 0 Å². The first-order chi connectivity index (χ1) is 11.4. The van der Waals surface area contributed by atoms with E-state index in [4.69, 9.17) is 11.6 Å². The molecule has 5 heteroatoms. The van der Waals surface area contributed by atoms with Gasteiger partial charge in [-0.1, -0.05) is 28.8 Å². The van der Waals surface area contributed by atoms with E-state index in [0.29, 0.717) is 23.6 Å². The predicted octanol–water partition coefficient (Wildman–Crippen LogP) is 3.49. The molecular formula is C19H19ClN2O2. The second-order valence-electron chi connectivity index (χ2n) is 6.23. The zero-order chi connectivity index (χ0) is 17.3. The Kier molecular flexibility index (Phi) is 4.58. The molecule has 124 valence electrons. The van der Waals surface area contributed by atoms with Crippen LogP contribution < -0.4 is 10.2 Å². The summed E-state index contributed by atoms with van der Waals surface area (Å²) in [6, 6.07) is 12.7. The Hall–Kier alpha value is -2.33. The third-order valence-electron chi connectivity index (χ3n) is 4.08. The molecule has 3 rings (SSSR count). The van der Waals surface area contributed by atoms with Crippen molar-refractivity contribution in [2.75, 3.05) is 11.4 Å². The number of aryl methyl sites for hydroxylation is 2. The van der Waals surface area contributed by atoms with E-state index >= 15 is 0 Å². The minimum atomic E-state index is -0.193. The van der Waals surface area contributed by atoms with Gasteiger partial charge in [0.2, 0.25) is 5.91 Å². The molecule has 1 aliphatic rings. The molecule has 2 aromatic rings. The van der Waals surface area contributed by atoms with Crippen LogP contribution in [0.2, 0.25) is 5.02 Å². The second kappa shape index (κ2) is 6.65. The molecule has 1 unspecified atom stereocenters. The minimum Gasteiger partial charge on any atom is -0.347 e. The van der Waals surface area contributed by atoms with Crippen molar-refractivity contribution in [2.24, 2.45) is 0 Å². The minimum absolute atomic E-state index is 0.00282. The summed E-state index contributed by atoms with van der Waals surface area (Å²) in [7, 11) is 0. The molecule has 0 spiro atoms. The fraction of sp³-hybridized carbons (Fsp3) is 0.263. The Morgan fingerprint density at radius 1 is 1.12 bits per heavy atom.